The van der Waals surface area contributed by atoms with Crippen LogP contribution in [0.25, 0.3) is 0 Å². The normalized spacial score (nSPS) is 13.2. The average Bonchev–Trinajstić information content (AvgIpc) is 3.20. The summed E-state index contributed by atoms with van der Waals surface area (Å²) in [7, 11) is 0. The summed E-state index contributed by atoms with van der Waals surface area (Å²) >= 11 is 4.71. The minimum atomic E-state index is -3.37. The van der Waals surface area contributed by atoms with E-state index in [4.69, 9.17) is 15.5 Å². The molecule has 7 aromatic carbocycles. The van der Waals surface area contributed by atoms with Gasteiger partial charge in [0, 0.05) is 0 Å². The zero-order chi connectivity index (χ0) is 33.6. The molecule has 0 saturated carbocycles. The molecule has 0 aliphatic heterocycles. The molecule has 0 aliphatic rings. The fourth-order valence-corrected chi connectivity index (χ4v) is 15.7. The molecule has 49 heavy (non-hydrogen) atoms. The van der Waals surface area contributed by atoms with Gasteiger partial charge in [0.15, 0.2) is 0 Å². The summed E-state index contributed by atoms with van der Waals surface area (Å²) < 4.78 is 0. The van der Waals surface area contributed by atoms with Gasteiger partial charge in [-0.15, -0.1) is 0 Å². The average molecular weight is 718 g/mol. The van der Waals surface area contributed by atoms with E-state index in [2.05, 4.69) is 213 Å². The van der Waals surface area contributed by atoms with E-state index in [1.54, 1.807) is 0 Å². The molecule has 0 bridgehead atoms. The van der Waals surface area contributed by atoms with E-state index in [9.17, 15) is 0 Å². The Labute approximate surface area is 300 Å². The van der Waals surface area contributed by atoms with Gasteiger partial charge in [-0.1, -0.05) is 0 Å². The molecular weight excluding hydrogens is 675 g/mol. The zero-order valence-electron chi connectivity index (χ0n) is 27.9. The van der Waals surface area contributed by atoms with Crippen LogP contribution in [-0.2, 0) is 5.41 Å². The van der Waals surface area contributed by atoms with Crippen LogP contribution in [0.1, 0.15) is 47.9 Å². The first-order chi connectivity index (χ1) is 24.1. The molecule has 7 aromatic rings. The van der Waals surface area contributed by atoms with E-state index in [-0.39, 0.29) is 5.92 Å². The molecule has 242 valence electrons. The molecule has 1 unspecified atom stereocenters. The summed E-state index contributed by atoms with van der Waals surface area (Å²) in [5.41, 5.74) is 4.85. The Hall–Kier alpha value is -4.55. The molecule has 0 aliphatic carbocycles. The van der Waals surface area contributed by atoms with Crippen molar-refractivity contribution in [2.24, 2.45) is 0 Å². The van der Waals surface area contributed by atoms with E-state index in [1.807, 2.05) is 0 Å². The third-order valence-electron chi connectivity index (χ3n) is 10.3. The van der Waals surface area contributed by atoms with Gasteiger partial charge in [0.2, 0.25) is 0 Å². The fourth-order valence-electron chi connectivity index (χ4n) is 8.14. The summed E-state index contributed by atoms with van der Waals surface area (Å²) in [6, 6.07) is 76.3. The van der Waals surface area contributed by atoms with Gasteiger partial charge < -0.3 is 0 Å². The maximum atomic E-state index is 4.71. The van der Waals surface area contributed by atoms with E-state index in [1.165, 1.54) is 43.5 Å². The van der Waals surface area contributed by atoms with Crippen LogP contribution in [0.2, 0.25) is 0 Å². The monoisotopic (exact) mass is 716 g/mol. The number of rotatable bonds is 11. The zero-order valence-corrected chi connectivity index (χ0v) is 30.4. The maximum absolute atomic E-state index is 4.71. The molecule has 1 atom stereocenters. The molecule has 0 aromatic heterocycles. The second-order valence-electron chi connectivity index (χ2n) is 12.9. The molecule has 0 saturated heterocycles. The van der Waals surface area contributed by atoms with Crippen LogP contribution in [-0.4, -0.2) is 0 Å². The van der Waals surface area contributed by atoms with Crippen molar-refractivity contribution in [2.45, 2.75) is 31.1 Å². The van der Waals surface area contributed by atoms with Crippen molar-refractivity contribution in [3.05, 3.63) is 229 Å². The van der Waals surface area contributed by atoms with Crippen LogP contribution in [0.5, 0.6) is 0 Å². The van der Waals surface area contributed by atoms with Crippen molar-refractivity contribution in [1.29, 1.82) is 0 Å². The van der Waals surface area contributed by atoms with Crippen LogP contribution in [0.15, 0.2) is 206 Å². The van der Waals surface area contributed by atoms with E-state index >= 15 is 0 Å². The molecule has 0 nitrogen and oxygen atoms in total. The van der Waals surface area contributed by atoms with Crippen LogP contribution in [0.3, 0.4) is 0 Å². The first kappa shape index (κ1) is 33.0. The molecule has 0 spiro atoms. The number of halogens is 1. The summed E-state index contributed by atoms with van der Waals surface area (Å²) in [4.78, 5) is 0. The summed E-state index contributed by atoms with van der Waals surface area (Å²) in [5.74, 6) is 0.214. The Kier molecular flexibility index (Phi) is 9.50. The summed E-state index contributed by atoms with van der Waals surface area (Å²) in [6.07, 6.45) is 2.12. The number of hydrogen-bond acceptors (Lipinski definition) is 0. The Bertz CT molecular complexity index is 1920. The van der Waals surface area contributed by atoms with E-state index < -0.39 is 10.7 Å². The van der Waals surface area contributed by atoms with E-state index in [0.29, 0.717) is 0 Å². The summed E-state index contributed by atoms with van der Waals surface area (Å²) in [5, 5.41) is 1.76. The Morgan fingerprint density at radius 2 is 0.714 bits per heavy atom. The SMILES string of the molecule is CCCC(c1ccccc1)C(c1ccccc1)(c1ccccc1)c1ccc(P(Br)(c2ccccc2)(c2ccccc2)c2ccccc2)cc1. The van der Waals surface area contributed by atoms with Crippen molar-refractivity contribution in [3.63, 3.8) is 0 Å². The molecule has 7 rings (SSSR count). The fraction of sp³-hybridized carbons (Fsp3) is 0.106. The van der Waals surface area contributed by atoms with Gasteiger partial charge in [0.05, 0.1) is 0 Å². The first-order valence-corrected chi connectivity index (χ1v) is 21.5. The third-order valence-corrected chi connectivity index (χ3v) is 20.3. The topological polar surface area (TPSA) is 0 Å². The van der Waals surface area contributed by atoms with Gasteiger partial charge >= 0.3 is 302 Å². The Morgan fingerprint density at radius 3 is 1.08 bits per heavy atom. The second kappa shape index (κ2) is 14.1. The summed E-state index contributed by atoms with van der Waals surface area (Å²) in [6.45, 7) is 2.31. The van der Waals surface area contributed by atoms with Gasteiger partial charge in [0.25, 0.3) is 0 Å². The third kappa shape index (κ3) is 5.51. The Morgan fingerprint density at radius 1 is 0.408 bits per heavy atom. The second-order valence-corrected chi connectivity index (χ2v) is 21.2. The van der Waals surface area contributed by atoms with E-state index in [0.717, 1.165) is 12.8 Å². The van der Waals surface area contributed by atoms with Crippen LogP contribution < -0.4 is 21.2 Å². The molecule has 0 fully saturated rings. The van der Waals surface area contributed by atoms with Crippen molar-refractivity contribution < 1.29 is 0 Å². The van der Waals surface area contributed by atoms with Gasteiger partial charge in [-0.2, -0.15) is 0 Å². The van der Waals surface area contributed by atoms with Crippen LogP contribution in [0.4, 0.5) is 0 Å². The van der Waals surface area contributed by atoms with Crippen molar-refractivity contribution in [3.8, 4) is 0 Å². The van der Waals surface area contributed by atoms with Gasteiger partial charge in [-0.3, -0.25) is 0 Å². The predicted molar refractivity (Wildman–Crippen MR) is 217 cm³/mol. The molecule has 2 heteroatoms. The predicted octanol–water partition coefficient (Wildman–Crippen LogP) is 11.1. The first-order valence-electron chi connectivity index (χ1n) is 17.3. The van der Waals surface area contributed by atoms with Crippen molar-refractivity contribution in [2.75, 3.05) is 0 Å². The van der Waals surface area contributed by atoms with Gasteiger partial charge in [-0.25, -0.2) is 0 Å². The number of hydrogen-bond donors (Lipinski definition) is 0. The van der Waals surface area contributed by atoms with Crippen LogP contribution >= 0.6 is 20.8 Å². The van der Waals surface area contributed by atoms with Crippen molar-refractivity contribution in [1.82, 2.24) is 0 Å². The molecular formula is C47H42BrP. The number of benzene rings is 7. The van der Waals surface area contributed by atoms with Crippen LogP contribution in [0, 0.1) is 0 Å². The molecule has 0 heterocycles. The van der Waals surface area contributed by atoms with Crippen molar-refractivity contribution >= 4 is 42.0 Å². The standard InChI is InChI=1S/C47H42BrP/c1-2-21-46(38-22-9-3-10-23-38)47(39-24-11-4-12-25-39,40-26-13-5-14-27-40)41-34-36-45(37-35-41)49(48,42-28-15-6-16-29-42,43-30-17-7-18-31-43)44-32-19-8-20-33-44/h3-20,22-37,46H,2,21H2,1H3. The minimum absolute atomic E-state index is 0.214. The molecule has 0 radical (unpaired) electrons. The molecule has 0 amide bonds. The van der Waals surface area contributed by atoms with Gasteiger partial charge in [-0.05, 0) is 0 Å². The molecule has 0 N–H and O–H groups in total. The van der Waals surface area contributed by atoms with Gasteiger partial charge in [0.1, 0.15) is 0 Å². The quantitative estimate of drug-likeness (QED) is 0.0923. The Balaban J connectivity index is 1.56.